The molecule has 0 unspecified atom stereocenters. The molecule has 0 aliphatic carbocycles. The molecule has 6 heteroatoms. The summed E-state index contributed by atoms with van der Waals surface area (Å²) < 4.78 is 0. The molecule has 3 N–H and O–H groups in total. The summed E-state index contributed by atoms with van der Waals surface area (Å²) in [6, 6.07) is 0. The van der Waals surface area contributed by atoms with Crippen molar-refractivity contribution in [2.45, 2.75) is 54.9 Å². The van der Waals surface area contributed by atoms with Gasteiger partial charge in [0, 0.05) is 16.7 Å². The van der Waals surface area contributed by atoms with E-state index in [1.54, 1.807) is 0 Å². The van der Waals surface area contributed by atoms with E-state index in [-0.39, 0.29) is 24.1 Å². The Morgan fingerprint density at radius 2 is 0.739 bits per heavy atom. The molecule has 0 heterocycles. The van der Waals surface area contributed by atoms with Crippen molar-refractivity contribution in [1.29, 1.82) is 0 Å². The standard InChI is InChI=1S/3C4H6O2.C4H10.CH4/c3*1-3(2)4(5)6;1-3-4-2;/h3*1H2,2H3,(H,5,6);3-4H2,1-2H3;1H4. The molecule has 0 aliphatic rings. The van der Waals surface area contributed by atoms with Gasteiger partial charge in [0.15, 0.2) is 0 Å². The Balaban J connectivity index is -0.0000000624. The third-order valence-corrected chi connectivity index (χ3v) is 1.60. The van der Waals surface area contributed by atoms with Crippen LogP contribution in [-0.4, -0.2) is 33.2 Å². The lowest BCUT2D eigenvalue weighted by Gasteiger charge is -1.79. The summed E-state index contributed by atoms with van der Waals surface area (Å²) in [5.74, 6) is -2.81. The monoisotopic (exact) mass is 332 g/mol. The van der Waals surface area contributed by atoms with Gasteiger partial charge in [-0.1, -0.05) is 53.9 Å². The zero-order valence-corrected chi connectivity index (χ0v) is 14.1. The zero-order valence-electron chi connectivity index (χ0n) is 14.1. The Kier molecular flexibility index (Phi) is 31.0. The first kappa shape index (κ1) is 32.5. The van der Waals surface area contributed by atoms with Crippen LogP contribution in [0, 0.1) is 0 Å². The number of unbranched alkanes of at least 4 members (excludes halogenated alkanes) is 1. The highest BCUT2D eigenvalue weighted by molar-refractivity contribution is 5.85. The van der Waals surface area contributed by atoms with E-state index in [1.165, 1.54) is 33.6 Å². The van der Waals surface area contributed by atoms with Gasteiger partial charge in [-0.15, -0.1) is 0 Å². The second kappa shape index (κ2) is 21.9. The van der Waals surface area contributed by atoms with Gasteiger partial charge in [-0.2, -0.15) is 0 Å². The smallest absolute Gasteiger partial charge is 0.330 e. The van der Waals surface area contributed by atoms with Crippen molar-refractivity contribution >= 4 is 17.9 Å². The van der Waals surface area contributed by atoms with E-state index in [2.05, 4.69) is 33.6 Å². The van der Waals surface area contributed by atoms with Crippen LogP contribution >= 0.6 is 0 Å². The van der Waals surface area contributed by atoms with Gasteiger partial charge in [0.2, 0.25) is 0 Å². The van der Waals surface area contributed by atoms with E-state index in [9.17, 15) is 14.4 Å². The van der Waals surface area contributed by atoms with Crippen LogP contribution in [0.15, 0.2) is 36.5 Å². The molecule has 0 amide bonds. The number of hydrogen-bond acceptors (Lipinski definition) is 3. The molecule has 136 valence electrons. The molecule has 23 heavy (non-hydrogen) atoms. The Morgan fingerprint density at radius 3 is 0.739 bits per heavy atom. The SMILES string of the molecule is C.C=C(C)C(=O)O.C=C(C)C(=O)O.C=C(C)C(=O)O.CCCC. The lowest BCUT2D eigenvalue weighted by atomic mass is 10.4. The van der Waals surface area contributed by atoms with Gasteiger partial charge < -0.3 is 15.3 Å². The van der Waals surface area contributed by atoms with Crippen LogP contribution < -0.4 is 0 Å². The van der Waals surface area contributed by atoms with E-state index in [4.69, 9.17) is 15.3 Å². The summed E-state index contributed by atoms with van der Waals surface area (Å²) in [5.41, 5.74) is 0.528. The Morgan fingerprint density at radius 1 is 0.652 bits per heavy atom. The van der Waals surface area contributed by atoms with Gasteiger partial charge in [-0.3, -0.25) is 0 Å². The molecule has 0 fully saturated rings. The summed E-state index contributed by atoms with van der Waals surface area (Å²) in [5, 5.41) is 23.7. The van der Waals surface area contributed by atoms with Gasteiger partial charge >= 0.3 is 17.9 Å². The van der Waals surface area contributed by atoms with Crippen molar-refractivity contribution in [2.75, 3.05) is 0 Å². The van der Waals surface area contributed by atoms with Gasteiger partial charge in [0.05, 0.1) is 0 Å². The zero-order chi connectivity index (χ0) is 18.9. The molecule has 0 atom stereocenters. The second-order valence-corrected chi connectivity index (χ2v) is 4.26. The van der Waals surface area contributed by atoms with Crippen molar-refractivity contribution in [2.24, 2.45) is 0 Å². The molecule has 0 saturated heterocycles. The molecule has 0 aromatic heterocycles. The van der Waals surface area contributed by atoms with Crippen LogP contribution in [0.2, 0.25) is 0 Å². The quantitative estimate of drug-likeness (QED) is 0.658. The third kappa shape index (κ3) is 54.0. The Bertz CT molecular complexity index is 299. The lowest BCUT2D eigenvalue weighted by molar-refractivity contribution is -0.133. The number of hydrogen-bond donors (Lipinski definition) is 3. The fraction of sp³-hybridized carbons (Fsp3) is 0.471. The highest BCUT2D eigenvalue weighted by atomic mass is 16.4. The fourth-order valence-corrected chi connectivity index (χ4v) is 0. The molecule has 0 aromatic rings. The van der Waals surface area contributed by atoms with E-state index in [1.807, 2.05) is 0 Å². The number of aliphatic carboxylic acids is 3. The number of carboxylic acids is 3. The predicted molar refractivity (Wildman–Crippen MR) is 94.7 cm³/mol. The van der Waals surface area contributed by atoms with Crippen LogP contribution in [0.1, 0.15) is 54.9 Å². The van der Waals surface area contributed by atoms with Gasteiger partial charge in [0.25, 0.3) is 0 Å². The molecule has 0 spiro atoms. The van der Waals surface area contributed by atoms with Crippen molar-refractivity contribution in [3.8, 4) is 0 Å². The first-order valence-electron chi connectivity index (χ1n) is 6.51. The average molecular weight is 332 g/mol. The minimum absolute atomic E-state index is 0. The largest absolute Gasteiger partial charge is 0.478 e. The van der Waals surface area contributed by atoms with Crippen molar-refractivity contribution < 1.29 is 29.7 Å². The van der Waals surface area contributed by atoms with Crippen LogP contribution in [0.3, 0.4) is 0 Å². The highest BCUT2D eigenvalue weighted by Crippen LogP contribution is 1.82. The Hall–Kier alpha value is -2.37. The third-order valence-electron chi connectivity index (χ3n) is 1.60. The topological polar surface area (TPSA) is 112 Å². The summed E-state index contributed by atoms with van der Waals surface area (Å²) >= 11 is 0. The molecule has 0 saturated carbocycles. The van der Waals surface area contributed by atoms with Crippen molar-refractivity contribution in [1.82, 2.24) is 0 Å². The summed E-state index contributed by atoms with van der Waals surface area (Å²) in [4.78, 5) is 28.8. The van der Waals surface area contributed by atoms with E-state index >= 15 is 0 Å². The lowest BCUT2D eigenvalue weighted by Crippen LogP contribution is -1.92. The van der Waals surface area contributed by atoms with E-state index in [0.717, 1.165) is 0 Å². The van der Waals surface area contributed by atoms with Crippen LogP contribution in [0.5, 0.6) is 0 Å². The summed E-state index contributed by atoms with van der Waals surface area (Å²) in [6.45, 7) is 18.2. The maximum atomic E-state index is 9.60. The number of carbonyl (C=O) groups is 3. The van der Waals surface area contributed by atoms with Crippen LogP contribution in [-0.2, 0) is 14.4 Å². The first-order valence-corrected chi connectivity index (χ1v) is 6.51. The minimum atomic E-state index is -0.935. The van der Waals surface area contributed by atoms with Gasteiger partial charge in [0.1, 0.15) is 0 Å². The maximum Gasteiger partial charge on any atom is 0.330 e. The average Bonchev–Trinajstić information content (AvgIpc) is 2.39. The summed E-state index contributed by atoms with van der Waals surface area (Å²) in [7, 11) is 0. The molecule has 6 nitrogen and oxygen atoms in total. The molecular weight excluding hydrogens is 300 g/mol. The number of rotatable bonds is 4. The molecule has 0 aromatic carbocycles. The van der Waals surface area contributed by atoms with Crippen molar-refractivity contribution in [3.63, 3.8) is 0 Å². The Labute approximate surface area is 139 Å². The molecule has 0 rings (SSSR count). The molecule has 0 bridgehead atoms. The van der Waals surface area contributed by atoms with Gasteiger partial charge in [-0.05, 0) is 20.8 Å². The fourth-order valence-electron chi connectivity index (χ4n) is 0. The van der Waals surface area contributed by atoms with E-state index < -0.39 is 17.9 Å². The van der Waals surface area contributed by atoms with Crippen molar-refractivity contribution in [3.05, 3.63) is 36.5 Å². The highest BCUT2D eigenvalue weighted by Gasteiger charge is 1.91. The van der Waals surface area contributed by atoms with Gasteiger partial charge in [-0.25, -0.2) is 14.4 Å². The normalized spacial score (nSPS) is 7.17. The minimum Gasteiger partial charge on any atom is -0.478 e. The maximum absolute atomic E-state index is 9.60. The molecular formula is C17H32O6. The van der Waals surface area contributed by atoms with E-state index in [0.29, 0.717) is 0 Å². The van der Waals surface area contributed by atoms with Crippen LogP contribution in [0.25, 0.3) is 0 Å². The first-order chi connectivity index (χ1) is 9.84. The second-order valence-electron chi connectivity index (χ2n) is 4.26. The summed E-state index contributed by atoms with van der Waals surface area (Å²) in [6.07, 6.45) is 2.64. The van der Waals surface area contributed by atoms with Crippen LogP contribution in [0.4, 0.5) is 0 Å². The predicted octanol–water partition coefficient (Wildman–Crippen LogP) is 4.38. The molecule has 0 aliphatic heterocycles. The molecule has 0 radical (unpaired) electrons. The number of carboxylic acid groups (broad SMARTS) is 3.